The Hall–Kier alpha value is -2.04. The van der Waals surface area contributed by atoms with Gasteiger partial charge in [0.15, 0.2) is 6.61 Å². The van der Waals surface area contributed by atoms with Gasteiger partial charge in [0.05, 0.1) is 5.41 Å². The summed E-state index contributed by atoms with van der Waals surface area (Å²) >= 11 is 0. The molecule has 1 aromatic rings. The number of rotatable bonds is 5. The fraction of sp³-hybridized carbons (Fsp3) is 0.467. The zero-order valence-corrected chi connectivity index (χ0v) is 12.1. The first-order chi connectivity index (χ1) is 9.29. The standard InChI is InChI=1S/C15H19O5/c1-11(20-14(17)15(2,3)4)19-13(16)10-18-12-8-6-5-7-9-12/h6-9,11H,10H2,1-4H3. The molecule has 1 radical (unpaired) electrons. The van der Waals surface area contributed by atoms with Crippen molar-refractivity contribution in [2.45, 2.75) is 34.0 Å². The molecule has 1 rings (SSSR count). The van der Waals surface area contributed by atoms with Gasteiger partial charge in [-0.2, -0.15) is 0 Å². The number of carbonyl (C=O) groups excluding carboxylic acids is 2. The second-order valence-corrected chi connectivity index (χ2v) is 5.24. The zero-order chi connectivity index (χ0) is 15.2. The van der Waals surface area contributed by atoms with E-state index in [1.807, 2.05) is 0 Å². The average Bonchev–Trinajstić information content (AvgIpc) is 2.36. The SMILES string of the molecule is CC(OC(=O)COc1cc[c]cc1)OC(=O)C(C)(C)C. The molecule has 0 aromatic heterocycles. The normalized spacial score (nSPS) is 12.4. The number of carbonyl (C=O) groups is 2. The maximum atomic E-state index is 11.6. The second kappa shape index (κ2) is 6.93. The van der Waals surface area contributed by atoms with E-state index < -0.39 is 23.6 Å². The van der Waals surface area contributed by atoms with Gasteiger partial charge in [-0.15, -0.1) is 0 Å². The van der Waals surface area contributed by atoms with E-state index in [1.54, 1.807) is 45.0 Å². The van der Waals surface area contributed by atoms with Crippen molar-refractivity contribution in [2.24, 2.45) is 5.41 Å². The van der Waals surface area contributed by atoms with Crippen LogP contribution in [-0.4, -0.2) is 24.8 Å². The molecule has 1 aromatic carbocycles. The van der Waals surface area contributed by atoms with E-state index in [2.05, 4.69) is 6.07 Å². The van der Waals surface area contributed by atoms with Crippen LogP contribution in [0.3, 0.4) is 0 Å². The number of esters is 2. The number of hydrogen-bond donors (Lipinski definition) is 0. The smallest absolute Gasteiger partial charge is 0.347 e. The van der Waals surface area contributed by atoms with Crippen LogP contribution in [0.4, 0.5) is 0 Å². The van der Waals surface area contributed by atoms with E-state index in [9.17, 15) is 9.59 Å². The number of hydrogen-bond acceptors (Lipinski definition) is 5. The minimum absolute atomic E-state index is 0.249. The van der Waals surface area contributed by atoms with E-state index >= 15 is 0 Å². The van der Waals surface area contributed by atoms with Crippen LogP contribution in [0, 0.1) is 11.5 Å². The highest BCUT2D eigenvalue weighted by Gasteiger charge is 2.26. The predicted octanol–water partition coefficient (Wildman–Crippen LogP) is 2.34. The molecule has 1 unspecified atom stereocenters. The number of ether oxygens (including phenoxy) is 3. The Balaban J connectivity index is 2.33. The van der Waals surface area contributed by atoms with Crippen LogP contribution in [0.25, 0.3) is 0 Å². The molecule has 5 heteroatoms. The van der Waals surface area contributed by atoms with Crippen LogP contribution in [-0.2, 0) is 19.1 Å². The largest absolute Gasteiger partial charge is 0.482 e. The van der Waals surface area contributed by atoms with E-state index in [0.29, 0.717) is 5.75 Å². The number of benzene rings is 1. The van der Waals surface area contributed by atoms with E-state index in [-0.39, 0.29) is 6.61 Å². The zero-order valence-electron chi connectivity index (χ0n) is 12.1. The lowest BCUT2D eigenvalue weighted by Gasteiger charge is -2.20. The van der Waals surface area contributed by atoms with Crippen molar-refractivity contribution in [2.75, 3.05) is 6.61 Å². The monoisotopic (exact) mass is 279 g/mol. The third-order valence-electron chi connectivity index (χ3n) is 2.23. The van der Waals surface area contributed by atoms with E-state index in [1.165, 1.54) is 6.92 Å². The molecule has 0 saturated heterocycles. The fourth-order valence-electron chi connectivity index (χ4n) is 1.18. The summed E-state index contributed by atoms with van der Waals surface area (Å²) in [5, 5.41) is 0. The quantitative estimate of drug-likeness (QED) is 0.611. The predicted molar refractivity (Wildman–Crippen MR) is 71.9 cm³/mol. The van der Waals surface area contributed by atoms with Gasteiger partial charge < -0.3 is 14.2 Å². The van der Waals surface area contributed by atoms with Crippen molar-refractivity contribution < 1.29 is 23.8 Å². The first-order valence-corrected chi connectivity index (χ1v) is 6.28. The molecular formula is C15H19O5. The van der Waals surface area contributed by atoms with Crippen LogP contribution >= 0.6 is 0 Å². The van der Waals surface area contributed by atoms with Crippen molar-refractivity contribution in [3.8, 4) is 5.75 Å². The van der Waals surface area contributed by atoms with Gasteiger partial charge in [0, 0.05) is 6.92 Å². The van der Waals surface area contributed by atoms with Gasteiger partial charge in [-0.3, -0.25) is 4.79 Å². The topological polar surface area (TPSA) is 61.8 Å². The summed E-state index contributed by atoms with van der Waals surface area (Å²) in [5.41, 5.74) is -0.641. The Kier molecular flexibility index (Phi) is 5.55. The molecule has 0 fully saturated rings. The molecule has 0 aliphatic carbocycles. The third kappa shape index (κ3) is 5.73. The Morgan fingerprint density at radius 1 is 1.20 bits per heavy atom. The Labute approximate surface area is 118 Å². The van der Waals surface area contributed by atoms with Gasteiger partial charge in [0.25, 0.3) is 0 Å². The molecule has 20 heavy (non-hydrogen) atoms. The van der Waals surface area contributed by atoms with Gasteiger partial charge in [-0.05, 0) is 39.0 Å². The molecule has 0 aliphatic heterocycles. The van der Waals surface area contributed by atoms with Crippen LogP contribution in [0.5, 0.6) is 5.75 Å². The highest BCUT2D eigenvalue weighted by Crippen LogP contribution is 2.16. The summed E-state index contributed by atoms with van der Waals surface area (Å²) in [6, 6.07) is 9.54. The van der Waals surface area contributed by atoms with Gasteiger partial charge in [-0.1, -0.05) is 12.1 Å². The molecule has 0 heterocycles. The lowest BCUT2D eigenvalue weighted by molar-refractivity contribution is -0.191. The summed E-state index contributed by atoms with van der Waals surface area (Å²) < 4.78 is 15.1. The lowest BCUT2D eigenvalue weighted by Crippen LogP contribution is -2.30. The molecular weight excluding hydrogens is 260 g/mol. The molecule has 0 amide bonds. The molecule has 0 aliphatic rings. The highest BCUT2D eigenvalue weighted by molar-refractivity contribution is 5.76. The maximum absolute atomic E-state index is 11.6. The first-order valence-electron chi connectivity index (χ1n) is 6.28. The summed E-state index contributed by atoms with van der Waals surface area (Å²) in [4.78, 5) is 23.1. The summed E-state index contributed by atoms with van der Waals surface area (Å²) in [6.07, 6.45) is -0.943. The van der Waals surface area contributed by atoms with E-state index in [4.69, 9.17) is 14.2 Å². The van der Waals surface area contributed by atoms with Crippen molar-refractivity contribution in [3.05, 3.63) is 30.3 Å². The summed E-state index contributed by atoms with van der Waals surface area (Å²) in [7, 11) is 0. The maximum Gasteiger partial charge on any atom is 0.347 e. The average molecular weight is 279 g/mol. The Morgan fingerprint density at radius 3 is 2.35 bits per heavy atom. The van der Waals surface area contributed by atoms with Gasteiger partial charge in [0.2, 0.25) is 6.29 Å². The van der Waals surface area contributed by atoms with Crippen LogP contribution < -0.4 is 4.74 Å². The summed E-state index contributed by atoms with van der Waals surface area (Å²) in [5.74, 6) is -0.496. The minimum Gasteiger partial charge on any atom is -0.482 e. The van der Waals surface area contributed by atoms with Crippen molar-refractivity contribution >= 4 is 11.9 Å². The summed E-state index contributed by atoms with van der Waals surface area (Å²) in [6.45, 7) is 6.40. The molecule has 5 nitrogen and oxygen atoms in total. The molecule has 0 bridgehead atoms. The molecule has 0 saturated carbocycles. The Morgan fingerprint density at radius 2 is 1.80 bits per heavy atom. The van der Waals surface area contributed by atoms with Crippen LogP contribution in [0.1, 0.15) is 27.7 Å². The lowest BCUT2D eigenvalue weighted by atomic mass is 9.97. The van der Waals surface area contributed by atoms with E-state index in [0.717, 1.165) is 0 Å². The molecule has 0 spiro atoms. The van der Waals surface area contributed by atoms with Gasteiger partial charge in [-0.25, -0.2) is 4.79 Å². The second-order valence-electron chi connectivity index (χ2n) is 5.24. The fourth-order valence-corrected chi connectivity index (χ4v) is 1.18. The minimum atomic E-state index is -0.943. The first kappa shape index (κ1) is 16.0. The molecule has 1 atom stereocenters. The van der Waals surface area contributed by atoms with Crippen LogP contribution in [0.15, 0.2) is 24.3 Å². The Bertz CT molecular complexity index is 447. The third-order valence-corrected chi connectivity index (χ3v) is 2.23. The highest BCUT2D eigenvalue weighted by atomic mass is 16.7. The van der Waals surface area contributed by atoms with Gasteiger partial charge in [0.1, 0.15) is 5.75 Å². The van der Waals surface area contributed by atoms with Gasteiger partial charge >= 0.3 is 11.9 Å². The molecule has 109 valence electrons. The van der Waals surface area contributed by atoms with Crippen molar-refractivity contribution in [1.29, 1.82) is 0 Å². The van der Waals surface area contributed by atoms with Crippen molar-refractivity contribution in [3.63, 3.8) is 0 Å². The van der Waals surface area contributed by atoms with Crippen molar-refractivity contribution in [1.82, 2.24) is 0 Å². The molecule has 0 N–H and O–H groups in total. The van der Waals surface area contributed by atoms with Crippen LogP contribution in [0.2, 0.25) is 0 Å².